The third-order valence-electron chi connectivity index (χ3n) is 6.30. The molecule has 0 bridgehead atoms. The lowest BCUT2D eigenvalue weighted by Crippen LogP contribution is -2.55. The molecule has 160 valence electrons. The summed E-state index contributed by atoms with van der Waals surface area (Å²) in [6.07, 6.45) is 4.37. The van der Waals surface area contributed by atoms with Crippen LogP contribution < -0.4 is 5.32 Å². The number of aliphatic hydroxyl groups is 1. The van der Waals surface area contributed by atoms with Crippen molar-refractivity contribution in [1.82, 2.24) is 10.2 Å². The molecule has 3 aliphatic rings. The summed E-state index contributed by atoms with van der Waals surface area (Å²) in [6, 6.07) is 7.11. The van der Waals surface area contributed by atoms with Gasteiger partial charge in [0, 0.05) is 30.7 Å². The number of halogens is 1. The highest BCUT2D eigenvalue weighted by atomic mass is 19.1. The summed E-state index contributed by atoms with van der Waals surface area (Å²) in [5, 5.41) is 13.3. The lowest BCUT2D eigenvalue weighted by molar-refractivity contribution is -0.158. The van der Waals surface area contributed by atoms with Crippen molar-refractivity contribution in [3.05, 3.63) is 35.6 Å². The first-order chi connectivity index (χ1) is 14.1. The summed E-state index contributed by atoms with van der Waals surface area (Å²) in [5.74, 6) is -0.178. The second-order valence-electron chi connectivity index (χ2n) is 8.55. The fraction of sp³-hybridized carbons (Fsp3) is 0.682. The molecule has 7 heteroatoms. The van der Waals surface area contributed by atoms with Crippen LogP contribution in [0.5, 0.6) is 0 Å². The van der Waals surface area contributed by atoms with E-state index in [9.17, 15) is 14.3 Å². The second-order valence-corrected chi connectivity index (χ2v) is 8.55. The van der Waals surface area contributed by atoms with E-state index >= 15 is 0 Å². The summed E-state index contributed by atoms with van der Waals surface area (Å²) >= 11 is 0. The lowest BCUT2D eigenvalue weighted by Gasteiger charge is -2.44. The molecule has 2 heterocycles. The Morgan fingerprint density at radius 3 is 2.79 bits per heavy atom. The van der Waals surface area contributed by atoms with E-state index in [-0.39, 0.29) is 36.6 Å². The summed E-state index contributed by atoms with van der Waals surface area (Å²) in [7, 11) is 0. The van der Waals surface area contributed by atoms with Crippen molar-refractivity contribution in [3.63, 3.8) is 0 Å². The van der Waals surface area contributed by atoms with E-state index in [0.29, 0.717) is 37.7 Å². The van der Waals surface area contributed by atoms with E-state index in [0.717, 1.165) is 25.7 Å². The molecule has 2 N–H and O–H groups in total. The van der Waals surface area contributed by atoms with Gasteiger partial charge in [-0.2, -0.15) is 0 Å². The number of nitrogens with one attached hydrogen (secondary N) is 1. The molecule has 29 heavy (non-hydrogen) atoms. The van der Waals surface area contributed by atoms with Gasteiger partial charge in [0.25, 0.3) is 0 Å². The maximum atomic E-state index is 14.2. The SMILES string of the molecule is O=C(C[C@H]1CC[C@@H]2[C@H](COC[C@H](O)CN2Cc2ccccc2F)O1)NC1CCC1. The highest BCUT2D eigenvalue weighted by molar-refractivity contribution is 5.76. The molecule has 1 saturated carbocycles. The van der Waals surface area contributed by atoms with Crippen LogP contribution in [0.25, 0.3) is 0 Å². The molecule has 0 radical (unpaired) electrons. The molecule has 6 nitrogen and oxygen atoms in total. The van der Waals surface area contributed by atoms with Crippen LogP contribution in [-0.2, 0) is 20.8 Å². The second kappa shape index (κ2) is 9.51. The van der Waals surface area contributed by atoms with Gasteiger partial charge >= 0.3 is 0 Å². The summed E-state index contributed by atoms with van der Waals surface area (Å²) in [6.45, 7) is 1.43. The van der Waals surface area contributed by atoms with Crippen molar-refractivity contribution in [1.29, 1.82) is 0 Å². The molecule has 1 amide bonds. The number of hydrogen-bond donors (Lipinski definition) is 2. The number of nitrogens with zero attached hydrogens (tertiary/aromatic N) is 1. The monoisotopic (exact) mass is 406 g/mol. The number of aliphatic hydroxyl groups excluding tert-OH is 1. The molecule has 3 fully saturated rings. The van der Waals surface area contributed by atoms with Crippen LogP contribution in [-0.4, -0.2) is 66.1 Å². The van der Waals surface area contributed by atoms with Gasteiger partial charge in [-0.15, -0.1) is 0 Å². The van der Waals surface area contributed by atoms with Crippen molar-refractivity contribution in [2.24, 2.45) is 0 Å². The molecule has 0 spiro atoms. The number of carbonyl (C=O) groups is 1. The molecule has 0 unspecified atom stereocenters. The van der Waals surface area contributed by atoms with Crippen molar-refractivity contribution in [3.8, 4) is 0 Å². The predicted molar refractivity (Wildman–Crippen MR) is 106 cm³/mol. The number of amides is 1. The van der Waals surface area contributed by atoms with E-state index in [1.807, 2.05) is 6.07 Å². The summed E-state index contributed by atoms with van der Waals surface area (Å²) in [5.41, 5.74) is 0.613. The largest absolute Gasteiger partial charge is 0.389 e. The Kier molecular flexibility index (Phi) is 6.80. The Hall–Kier alpha value is -1.54. The Morgan fingerprint density at radius 2 is 2.03 bits per heavy atom. The zero-order valence-corrected chi connectivity index (χ0v) is 16.8. The minimum Gasteiger partial charge on any atom is -0.389 e. The van der Waals surface area contributed by atoms with Gasteiger partial charge in [0.2, 0.25) is 5.91 Å². The van der Waals surface area contributed by atoms with Gasteiger partial charge in [-0.1, -0.05) is 18.2 Å². The average Bonchev–Trinajstić information content (AvgIpc) is 2.65. The zero-order valence-electron chi connectivity index (χ0n) is 16.8. The molecule has 4 atom stereocenters. The molecule has 2 aliphatic heterocycles. The van der Waals surface area contributed by atoms with Gasteiger partial charge in [-0.25, -0.2) is 4.39 Å². The van der Waals surface area contributed by atoms with Gasteiger partial charge in [0.1, 0.15) is 5.82 Å². The van der Waals surface area contributed by atoms with Gasteiger partial charge in [0.15, 0.2) is 0 Å². The van der Waals surface area contributed by atoms with Crippen molar-refractivity contribution in [2.75, 3.05) is 19.8 Å². The number of hydrogen-bond acceptors (Lipinski definition) is 5. The Bertz CT molecular complexity index is 699. The normalized spacial score (nSPS) is 31.2. The smallest absolute Gasteiger partial charge is 0.222 e. The first kappa shape index (κ1) is 20.7. The molecule has 1 aromatic rings. The van der Waals surface area contributed by atoms with E-state index < -0.39 is 6.10 Å². The quantitative estimate of drug-likeness (QED) is 0.783. The highest BCUT2D eigenvalue weighted by Gasteiger charge is 2.38. The van der Waals surface area contributed by atoms with Gasteiger partial charge in [-0.3, -0.25) is 9.69 Å². The minimum absolute atomic E-state index is 0.0236. The Balaban J connectivity index is 1.40. The van der Waals surface area contributed by atoms with Gasteiger partial charge in [-0.05, 0) is 38.2 Å². The van der Waals surface area contributed by atoms with Crippen LogP contribution in [0.2, 0.25) is 0 Å². The molecular formula is C22H31FN2O4. The third kappa shape index (κ3) is 5.34. The topological polar surface area (TPSA) is 71.0 Å². The van der Waals surface area contributed by atoms with Crippen LogP contribution in [0, 0.1) is 5.82 Å². The number of rotatable bonds is 5. The highest BCUT2D eigenvalue weighted by Crippen LogP contribution is 2.29. The van der Waals surface area contributed by atoms with E-state index in [2.05, 4.69) is 10.2 Å². The van der Waals surface area contributed by atoms with Crippen LogP contribution in [0.15, 0.2) is 24.3 Å². The van der Waals surface area contributed by atoms with Crippen molar-refractivity contribution in [2.45, 2.75) is 75.5 Å². The molecule has 1 aliphatic carbocycles. The molecule has 1 aromatic carbocycles. The summed E-state index contributed by atoms with van der Waals surface area (Å²) in [4.78, 5) is 14.4. The Morgan fingerprint density at radius 1 is 1.21 bits per heavy atom. The maximum Gasteiger partial charge on any atom is 0.222 e. The lowest BCUT2D eigenvalue weighted by atomic mass is 9.92. The molecule has 2 saturated heterocycles. The number of ether oxygens (including phenoxy) is 2. The zero-order chi connectivity index (χ0) is 20.2. The van der Waals surface area contributed by atoms with Crippen molar-refractivity contribution < 1.29 is 23.8 Å². The van der Waals surface area contributed by atoms with E-state index in [1.165, 1.54) is 12.5 Å². The van der Waals surface area contributed by atoms with Gasteiger partial charge in [0.05, 0.1) is 37.9 Å². The average molecular weight is 406 g/mol. The number of β-amino-alcohol motifs (C(OH)–C–C–N with tert-alkyl or cyclic N) is 1. The molecular weight excluding hydrogens is 375 g/mol. The number of benzene rings is 1. The van der Waals surface area contributed by atoms with Crippen LogP contribution >= 0.6 is 0 Å². The Labute approximate surface area is 171 Å². The van der Waals surface area contributed by atoms with E-state index in [1.54, 1.807) is 12.1 Å². The molecule has 4 rings (SSSR count). The van der Waals surface area contributed by atoms with E-state index in [4.69, 9.17) is 9.47 Å². The van der Waals surface area contributed by atoms with Crippen molar-refractivity contribution >= 4 is 5.91 Å². The van der Waals surface area contributed by atoms with Crippen LogP contribution in [0.3, 0.4) is 0 Å². The fourth-order valence-electron chi connectivity index (χ4n) is 4.52. The first-order valence-corrected chi connectivity index (χ1v) is 10.8. The molecule has 0 aromatic heterocycles. The van der Waals surface area contributed by atoms with Crippen LogP contribution in [0.4, 0.5) is 4.39 Å². The fourth-order valence-corrected chi connectivity index (χ4v) is 4.52. The number of carbonyl (C=O) groups excluding carboxylic acids is 1. The number of fused-ring (bicyclic) bond motifs is 1. The standard InChI is InChI=1S/C22H31FN2O4/c23-19-7-2-1-4-15(19)11-25-12-17(26)13-28-14-21-20(25)9-8-18(29-21)10-22(27)24-16-5-3-6-16/h1-2,4,7,16-18,20-21,26H,3,5-6,8-14H2,(H,24,27)/t17-,18-,20-,21+/m1/s1. The minimum atomic E-state index is -0.617. The van der Waals surface area contributed by atoms with Gasteiger partial charge < -0.3 is 19.9 Å². The summed E-state index contributed by atoms with van der Waals surface area (Å²) < 4.78 is 26.1. The van der Waals surface area contributed by atoms with Crippen LogP contribution in [0.1, 0.15) is 44.1 Å². The predicted octanol–water partition coefficient (Wildman–Crippen LogP) is 1.99. The first-order valence-electron chi connectivity index (χ1n) is 10.8. The third-order valence-corrected chi connectivity index (χ3v) is 6.30. The maximum absolute atomic E-state index is 14.2.